The summed E-state index contributed by atoms with van der Waals surface area (Å²) in [6.07, 6.45) is -0.367. The van der Waals surface area contributed by atoms with Gasteiger partial charge in [0, 0.05) is 5.41 Å². The lowest BCUT2D eigenvalue weighted by atomic mass is 9.62. The standard InChI is InChI=1S/C14H22BF3O2/c1-12(2)13(3,4)20-15(19-12)10(16)6-9-7-14(5,8-9)11(17)18/h6,9,11H,7-8H2,1-5H3. The summed E-state index contributed by atoms with van der Waals surface area (Å²) in [5.74, 6) is -0.159. The van der Waals surface area contributed by atoms with Crippen molar-refractivity contribution in [1.82, 2.24) is 0 Å². The normalized spacial score (nSPS) is 36.4. The fraction of sp³-hybridized carbons (Fsp3) is 0.857. The van der Waals surface area contributed by atoms with Crippen LogP contribution in [0.4, 0.5) is 13.2 Å². The molecule has 2 rings (SSSR count). The van der Waals surface area contributed by atoms with Gasteiger partial charge >= 0.3 is 7.12 Å². The van der Waals surface area contributed by atoms with Crippen molar-refractivity contribution in [2.24, 2.45) is 11.3 Å². The average Bonchev–Trinajstić information content (AvgIpc) is 2.45. The molecule has 1 aliphatic heterocycles. The van der Waals surface area contributed by atoms with Crippen molar-refractivity contribution < 1.29 is 22.5 Å². The van der Waals surface area contributed by atoms with Crippen LogP contribution in [0.3, 0.4) is 0 Å². The average molecular weight is 290 g/mol. The zero-order valence-corrected chi connectivity index (χ0v) is 12.7. The quantitative estimate of drug-likeness (QED) is 0.727. The van der Waals surface area contributed by atoms with E-state index in [1.807, 2.05) is 27.7 Å². The van der Waals surface area contributed by atoms with Gasteiger partial charge in [-0.1, -0.05) is 13.0 Å². The first-order valence-corrected chi connectivity index (χ1v) is 6.98. The lowest BCUT2D eigenvalue weighted by molar-refractivity contribution is -0.0669. The maximum Gasteiger partial charge on any atom is 0.524 e. The van der Waals surface area contributed by atoms with Gasteiger partial charge in [0.15, 0.2) is 0 Å². The molecule has 1 saturated heterocycles. The van der Waals surface area contributed by atoms with Crippen LogP contribution in [0.25, 0.3) is 0 Å². The van der Waals surface area contributed by atoms with Gasteiger partial charge in [0.1, 0.15) is 5.73 Å². The van der Waals surface area contributed by atoms with Crippen LogP contribution in [0, 0.1) is 11.3 Å². The van der Waals surface area contributed by atoms with E-state index in [4.69, 9.17) is 9.31 Å². The molecule has 0 bridgehead atoms. The fourth-order valence-corrected chi connectivity index (χ4v) is 2.69. The highest BCUT2D eigenvalue weighted by molar-refractivity contribution is 6.53. The number of hydrogen-bond donors (Lipinski definition) is 0. The van der Waals surface area contributed by atoms with Crippen LogP contribution < -0.4 is 0 Å². The number of rotatable bonds is 3. The van der Waals surface area contributed by atoms with E-state index in [0.29, 0.717) is 12.8 Å². The van der Waals surface area contributed by atoms with Gasteiger partial charge in [-0.25, -0.2) is 13.2 Å². The lowest BCUT2D eigenvalue weighted by Crippen LogP contribution is -2.41. The summed E-state index contributed by atoms with van der Waals surface area (Å²) in [4.78, 5) is 0. The molecule has 1 aliphatic carbocycles. The monoisotopic (exact) mass is 290 g/mol. The SMILES string of the molecule is CC1(C(F)F)CC(C=C(F)B2OC(C)(C)C(C)(C)O2)C1. The topological polar surface area (TPSA) is 18.5 Å². The Hall–Kier alpha value is -0.485. The largest absolute Gasteiger partial charge is 0.524 e. The Morgan fingerprint density at radius 2 is 1.55 bits per heavy atom. The van der Waals surface area contributed by atoms with Crippen LogP contribution in [0.15, 0.2) is 11.8 Å². The second kappa shape index (κ2) is 4.77. The predicted octanol–water partition coefficient (Wildman–Crippen LogP) is 4.15. The van der Waals surface area contributed by atoms with Gasteiger partial charge in [-0.3, -0.25) is 0 Å². The van der Waals surface area contributed by atoms with Crippen LogP contribution in [0.1, 0.15) is 47.5 Å². The molecular formula is C14H22BF3O2. The zero-order valence-electron chi connectivity index (χ0n) is 12.7. The van der Waals surface area contributed by atoms with E-state index >= 15 is 0 Å². The molecule has 0 unspecified atom stereocenters. The molecule has 0 aromatic rings. The minimum atomic E-state index is -2.35. The highest BCUT2D eigenvalue weighted by Gasteiger charge is 2.54. The van der Waals surface area contributed by atoms with Gasteiger partial charge in [-0.2, -0.15) is 0 Å². The third kappa shape index (κ3) is 2.64. The Morgan fingerprint density at radius 1 is 1.10 bits per heavy atom. The minimum Gasteiger partial charge on any atom is -0.398 e. The van der Waals surface area contributed by atoms with Crippen LogP contribution in [-0.2, 0) is 9.31 Å². The number of hydrogen-bond acceptors (Lipinski definition) is 2. The molecule has 20 heavy (non-hydrogen) atoms. The molecule has 114 valence electrons. The third-order valence-corrected chi connectivity index (χ3v) is 4.86. The molecule has 6 heteroatoms. The number of halogens is 3. The first-order chi connectivity index (χ1) is 8.97. The Balaban J connectivity index is 1.97. The Bertz CT molecular complexity index is 399. The summed E-state index contributed by atoms with van der Waals surface area (Å²) < 4.78 is 50.7. The Kier molecular flexibility index (Phi) is 3.79. The lowest BCUT2D eigenvalue weighted by Gasteiger charge is -2.43. The first kappa shape index (κ1) is 15.9. The molecule has 1 saturated carbocycles. The van der Waals surface area contributed by atoms with Crippen molar-refractivity contribution in [3.63, 3.8) is 0 Å². The Morgan fingerprint density at radius 3 is 1.95 bits per heavy atom. The maximum atomic E-state index is 14.1. The molecule has 0 aromatic heterocycles. The van der Waals surface area contributed by atoms with E-state index in [9.17, 15) is 13.2 Å². The molecule has 1 heterocycles. The smallest absolute Gasteiger partial charge is 0.398 e. The summed E-state index contributed by atoms with van der Waals surface area (Å²) in [6, 6.07) is 0. The van der Waals surface area contributed by atoms with Gasteiger partial charge in [0.25, 0.3) is 0 Å². The van der Waals surface area contributed by atoms with Crippen LogP contribution in [0.5, 0.6) is 0 Å². The van der Waals surface area contributed by atoms with Crippen molar-refractivity contribution in [3.8, 4) is 0 Å². The van der Waals surface area contributed by atoms with Crippen LogP contribution in [0.2, 0.25) is 0 Å². The van der Waals surface area contributed by atoms with Gasteiger partial charge in [-0.15, -0.1) is 0 Å². The molecular weight excluding hydrogens is 268 g/mol. The first-order valence-electron chi connectivity index (χ1n) is 6.98. The van der Waals surface area contributed by atoms with Crippen LogP contribution in [-0.4, -0.2) is 24.7 Å². The summed E-state index contributed by atoms with van der Waals surface area (Å²) in [5.41, 5.74) is -2.68. The van der Waals surface area contributed by atoms with Gasteiger partial charge in [0.05, 0.1) is 11.2 Å². The van der Waals surface area contributed by atoms with E-state index < -0.39 is 35.9 Å². The number of alkyl halides is 2. The summed E-state index contributed by atoms with van der Waals surface area (Å²) >= 11 is 0. The van der Waals surface area contributed by atoms with E-state index in [1.54, 1.807) is 0 Å². The maximum absolute atomic E-state index is 14.1. The van der Waals surface area contributed by atoms with Gasteiger partial charge < -0.3 is 9.31 Å². The molecule has 2 nitrogen and oxygen atoms in total. The molecule has 0 radical (unpaired) electrons. The van der Waals surface area contributed by atoms with Crippen LogP contribution >= 0.6 is 0 Å². The van der Waals surface area contributed by atoms with E-state index in [2.05, 4.69) is 0 Å². The zero-order chi connectivity index (χ0) is 15.3. The number of allylic oxidation sites excluding steroid dienone is 1. The molecule has 0 spiro atoms. The summed E-state index contributed by atoms with van der Waals surface area (Å²) in [6.45, 7) is 8.92. The molecule has 0 amide bonds. The van der Waals surface area contributed by atoms with E-state index in [-0.39, 0.29) is 5.92 Å². The molecule has 2 aliphatic rings. The summed E-state index contributed by atoms with van der Waals surface area (Å²) in [5, 5.41) is 0. The van der Waals surface area contributed by atoms with Gasteiger partial charge in [0.2, 0.25) is 6.43 Å². The highest BCUT2D eigenvalue weighted by Crippen LogP contribution is 2.50. The molecule has 0 atom stereocenters. The van der Waals surface area contributed by atoms with E-state index in [1.165, 1.54) is 13.0 Å². The second-order valence-corrected chi connectivity index (χ2v) is 7.26. The minimum absolute atomic E-state index is 0.159. The Labute approximate surface area is 118 Å². The summed E-state index contributed by atoms with van der Waals surface area (Å²) in [7, 11) is -1.03. The fourth-order valence-electron chi connectivity index (χ4n) is 2.69. The molecule has 0 N–H and O–H groups in total. The second-order valence-electron chi connectivity index (χ2n) is 7.26. The van der Waals surface area contributed by atoms with Crippen molar-refractivity contribution in [2.75, 3.05) is 0 Å². The molecule has 0 aromatic carbocycles. The van der Waals surface area contributed by atoms with Crippen molar-refractivity contribution in [2.45, 2.75) is 65.1 Å². The molecule has 2 fully saturated rings. The van der Waals surface area contributed by atoms with Crippen molar-refractivity contribution in [3.05, 3.63) is 11.8 Å². The predicted molar refractivity (Wildman–Crippen MR) is 72.1 cm³/mol. The van der Waals surface area contributed by atoms with Crippen molar-refractivity contribution in [1.29, 1.82) is 0 Å². The van der Waals surface area contributed by atoms with E-state index in [0.717, 1.165) is 0 Å². The van der Waals surface area contributed by atoms with Gasteiger partial charge in [-0.05, 0) is 46.5 Å². The van der Waals surface area contributed by atoms with Crippen molar-refractivity contribution >= 4 is 7.12 Å². The highest BCUT2D eigenvalue weighted by atomic mass is 19.3. The third-order valence-electron chi connectivity index (χ3n) is 4.86.